The van der Waals surface area contributed by atoms with Gasteiger partial charge in [0.1, 0.15) is 0 Å². The van der Waals surface area contributed by atoms with Gasteiger partial charge in [-0.3, -0.25) is 4.79 Å². The zero-order valence-corrected chi connectivity index (χ0v) is 9.07. The van der Waals surface area contributed by atoms with Gasteiger partial charge in [-0.15, -0.1) is 12.4 Å². The Morgan fingerprint density at radius 2 is 2.33 bits per heavy atom. The largest absolute Gasteiger partial charge is 0.636 e. The van der Waals surface area contributed by atoms with Gasteiger partial charge in [0.05, 0.1) is 0 Å². The van der Waals surface area contributed by atoms with Gasteiger partial charge in [-0.25, -0.2) is 12.6 Å². The molecule has 0 unspecified atom stereocenters. The van der Waals surface area contributed by atoms with Crippen LogP contribution >= 0.6 is 12.6 Å². The quantitative estimate of drug-likeness (QED) is 0.438. The Kier molecular flexibility index (Phi) is 12.5. The molecule has 0 atom stereocenters. The second kappa shape index (κ2) is 8.92. The molecule has 0 aliphatic heterocycles. The van der Waals surface area contributed by atoms with Crippen molar-refractivity contribution in [2.24, 2.45) is 0 Å². The predicted octanol–water partition coefficient (Wildman–Crippen LogP) is 1.03. The van der Waals surface area contributed by atoms with E-state index < -0.39 is 0 Å². The minimum Gasteiger partial charge on any atom is -0.636 e. The van der Waals surface area contributed by atoms with Gasteiger partial charge in [0.15, 0.2) is 0 Å². The zero-order chi connectivity index (χ0) is 6.41. The molecule has 0 aromatic carbocycles. The van der Waals surface area contributed by atoms with Crippen molar-refractivity contribution in [3.8, 4) is 0 Å². The first-order valence-corrected chi connectivity index (χ1v) is 3.06. The van der Waals surface area contributed by atoms with Crippen molar-refractivity contribution >= 4 is 18.6 Å². The van der Waals surface area contributed by atoms with Crippen LogP contribution in [0.4, 0.5) is 0 Å². The number of carbonyl (C=O) groups is 1. The van der Waals surface area contributed by atoms with Crippen molar-refractivity contribution < 1.29 is 42.2 Å². The van der Waals surface area contributed by atoms with Gasteiger partial charge >= 0.3 is 0 Å². The maximum absolute atomic E-state index is 10.3. The topological polar surface area (TPSA) is 26.3 Å². The molecule has 0 saturated carbocycles. The predicted molar refractivity (Wildman–Crippen MR) is 34.5 cm³/mol. The minimum atomic E-state index is -0.209. The monoisotopic (exact) mass is 222 g/mol. The van der Waals surface area contributed by atoms with Crippen LogP contribution in [0.15, 0.2) is 0 Å². The van der Waals surface area contributed by atoms with Gasteiger partial charge in [0.25, 0.3) is 5.97 Å². The Morgan fingerprint density at radius 3 is 2.67 bits per heavy atom. The van der Waals surface area contributed by atoms with Crippen molar-refractivity contribution in [1.29, 1.82) is 0 Å². The fraction of sp³-hybridized carbons (Fsp3) is 0.600. The molecular weight excluding hydrogens is 213 g/mol. The third-order valence-corrected chi connectivity index (χ3v) is 0.727. The fourth-order valence-corrected chi connectivity index (χ4v) is 0.288. The van der Waals surface area contributed by atoms with E-state index in [1.165, 1.54) is 6.61 Å². The molecule has 51 valence electrons. The molecule has 0 spiro atoms. The number of hydrogen-bond donors (Lipinski definition) is 1. The first kappa shape index (κ1) is 12.6. The summed E-state index contributed by atoms with van der Waals surface area (Å²) in [5.74, 6) is 0.269. The molecule has 1 radical (unpaired) electrons. The SMILES string of the molecule is CCC(=O)O[CH-]CS.[Y]. The molecule has 0 N–H and O–H groups in total. The van der Waals surface area contributed by atoms with E-state index in [9.17, 15) is 4.79 Å². The third kappa shape index (κ3) is 8.92. The normalized spacial score (nSPS) is 7.78. The van der Waals surface area contributed by atoms with Gasteiger partial charge in [-0.1, -0.05) is 6.92 Å². The van der Waals surface area contributed by atoms with Crippen LogP contribution in [0.1, 0.15) is 13.3 Å². The maximum atomic E-state index is 10.3. The van der Waals surface area contributed by atoms with Crippen LogP contribution < -0.4 is 0 Å². The fourth-order valence-electron chi connectivity index (χ4n) is 0.214. The maximum Gasteiger partial charge on any atom is 0.274 e. The van der Waals surface area contributed by atoms with Crippen LogP contribution in [0.3, 0.4) is 0 Å². The van der Waals surface area contributed by atoms with E-state index in [1.807, 2.05) is 0 Å². The Balaban J connectivity index is 0. The molecule has 4 heteroatoms. The van der Waals surface area contributed by atoms with Crippen LogP contribution in [0.25, 0.3) is 0 Å². The molecule has 0 saturated heterocycles. The average molecular weight is 222 g/mol. The van der Waals surface area contributed by atoms with Gasteiger partial charge < -0.3 is 4.74 Å². The smallest absolute Gasteiger partial charge is 0.274 e. The zero-order valence-electron chi connectivity index (χ0n) is 5.33. The Morgan fingerprint density at radius 1 is 1.78 bits per heavy atom. The summed E-state index contributed by atoms with van der Waals surface area (Å²) in [6.45, 7) is 3.11. The first-order valence-electron chi connectivity index (χ1n) is 2.43. The average Bonchev–Trinajstić information content (AvgIpc) is 1.83. The van der Waals surface area contributed by atoms with Gasteiger partial charge in [-0.2, -0.15) is 0 Å². The molecule has 9 heavy (non-hydrogen) atoms. The summed E-state index contributed by atoms with van der Waals surface area (Å²) in [5, 5.41) is 0. The molecule has 2 nitrogen and oxygen atoms in total. The van der Waals surface area contributed by atoms with Crippen molar-refractivity contribution in [1.82, 2.24) is 0 Å². The Bertz CT molecular complexity index is 77.4. The summed E-state index contributed by atoms with van der Waals surface area (Å²) in [6.07, 6.45) is 0.421. The van der Waals surface area contributed by atoms with Crippen LogP contribution in [-0.2, 0) is 42.2 Å². The standard InChI is InChI=1S/C5H9O2S.Y/c1-2-5(6)7-3-4-8;/h3,8H,2,4H2,1H3;/q-1;. The second-order valence-electron chi connectivity index (χ2n) is 1.19. The molecular formula is C5H9O2SY-. The molecule has 0 aliphatic carbocycles. The number of thiol groups is 1. The van der Waals surface area contributed by atoms with Crippen molar-refractivity contribution in [3.63, 3.8) is 0 Å². The first-order chi connectivity index (χ1) is 3.81. The number of hydrogen-bond acceptors (Lipinski definition) is 3. The summed E-state index contributed by atoms with van der Waals surface area (Å²) in [5.41, 5.74) is 0. The van der Waals surface area contributed by atoms with Gasteiger partial charge in [-0.05, 0) is 0 Å². The van der Waals surface area contributed by atoms with E-state index in [0.29, 0.717) is 12.2 Å². The van der Waals surface area contributed by atoms with Crippen molar-refractivity contribution in [3.05, 3.63) is 6.61 Å². The van der Waals surface area contributed by atoms with E-state index >= 15 is 0 Å². The van der Waals surface area contributed by atoms with Gasteiger partial charge in [0, 0.05) is 39.1 Å². The van der Waals surface area contributed by atoms with E-state index in [4.69, 9.17) is 0 Å². The summed E-state index contributed by atoms with van der Waals surface area (Å²) < 4.78 is 4.50. The molecule has 0 amide bonds. The van der Waals surface area contributed by atoms with Crippen LogP contribution in [-0.4, -0.2) is 11.7 Å². The summed E-state index contributed by atoms with van der Waals surface area (Å²) in [7, 11) is 0. The summed E-state index contributed by atoms with van der Waals surface area (Å²) in [6, 6.07) is 0. The molecule has 0 rings (SSSR count). The van der Waals surface area contributed by atoms with Crippen LogP contribution in [0.2, 0.25) is 0 Å². The third-order valence-electron chi connectivity index (χ3n) is 0.578. The van der Waals surface area contributed by atoms with Crippen LogP contribution in [0.5, 0.6) is 0 Å². The summed E-state index contributed by atoms with van der Waals surface area (Å²) >= 11 is 3.80. The number of ether oxygens (including phenoxy) is 1. The Labute approximate surface area is 86.0 Å². The molecule has 0 heterocycles. The molecule has 0 aromatic rings. The number of rotatable bonds is 3. The van der Waals surface area contributed by atoms with E-state index in [2.05, 4.69) is 17.4 Å². The number of carbonyl (C=O) groups excluding carboxylic acids is 1. The van der Waals surface area contributed by atoms with Crippen LogP contribution in [0, 0.1) is 6.61 Å². The van der Waals surface area contributed by atoms with E-state index in [0.717, 1.165) is 0 Å². The second-order valence-corrected chi connectivity index (χ2v) is 1.56. The minimum absolute atomic E-state index is 0. The number of esters is 1. The van der Waals surface area contributed by atoms with E-state index in [1.54, 1.807) is 6.92 Å². The molecule has 0 aliphatic rings. The van der Waals surface area contributed by atoms with E-state index in [-0.39, 0.29) is 38.7 Å². The Hall–Kier alpha value is 0.924. The van der Waals surface area contributed by atoms with Crippen molar-refractivity contribution in [2.75, 3.05) is 5.75 Å². The molecule has 0 aromatic heterocycles. The summed E-state index contributed by atoms with van der Waals surface area (Å²) in [4.78, 5) is 10.3. The van der Waals surface area contributed by atoms with Crippen molar-refractivity contribution in [2.45, 2.75) is 13.3 Å². The van der Waals surface area contributed by atoms with Gasteiger partial charge in [0.2, 0.25) is 0 Å². The molecule has 0 bridgehead atoms. The molecule has 0 fully saturated rings.